The number of aromatic carboxylic acids is 1. The van der Waals surface area contributed by atoms with Crippen molar-refractivity contribution in [3.8, 4) is 0 Å². The maximum atomic E-state index is 11.3. The molecule has 0 saturated carbocycles. The van der Waals surface area contributed by atoms with E-state index < -0.39 is 5.97 Å². The summed E-state index contributed by atoms with van der Waals surface area (Å²) in [4.78, 5) is 13.3. The third-order valence-corrected chi connectivity index (χ3v) is 2.86. The summed E-state index contributed by atoms with van der Waals surface area (Å²) in [6, 6.07) is 7.45. The first kappa shape index (κ1) is 13.3. The minimum Gasteiger partial charge on any atom is -0.476 e. The highest BCUT2D eigenvalue weighted by molar-refractivity contribution is 6.02. The fourth-order valence-corrected chi connectivity index (χ4v) is 2.21. The van der Waals surface area contributed by atoms with Crippen LogP contribution in [0.5, 0.6) is 0 Å². The molecule has 0 atom stereocenters. The number of carbonyl (C=O) groups is 1. The number of hydrogen-bond acceptors (Lipinski definition) is 4. The second-order valence-corrected chi connectivity index (χ2v) is 4.99. The Bertz CT molecular complexity index is 611. The highest BCUT2D eigenvalue weighted by atomic mass is 16.4. The monoisotopic (exact) mass is 259 g/mol. The van der Waals surface area contributed by atoms with Crippen LogP contribution in [0, 0.1) is 5.92 Å². The van der Waals surface area contributed by atoms with E-state index in [-0.39, 0.29) is 5.69 Å². The zero-order chi connectivity index (χ0) is 14.0. The van der Waals surface area contributed by atoms with Gasteiger partial charge in [-0.2, -0.15) is 0 Å². The van der Waals surface area contributed by atoms with Crippen LogP contribution in [0.4, 0.5) is 5.69 Å². The summed E-state index contributed by atoms with van der Waals surface area (Å²) in [6.07, 6.45) is 0. The molecule has 1 N–H and O–H groups in total. The smallest absolute Gasteiger partial charge is 0.358 e. The summed E-state index contributed by atoms with van der Waals surface area (Å²) >= 11 is 0. The van der Waals surface area contributed by atoms with Crippen LogP contribution in [0.3, 0.4) is 0 Å². The molecule has 1 heterocycles. The molecule has 0 aliphatic heterocycles. The predicted octanol–water partition coefficient (Wildman–Crippen LogP) is 2.42. The Morgan fingerprint density at radius 1 is 1.32 bits per heavy atom. The first-order chi connectivity index (χ1) is 9.00. The fraction of sp³-hybridized carbons (Fsp3) is 0.357. The van der Waals surface area contributed by atoms with E-state index in [2.05, 4.69) is 24.0 Å². The van der Waals surface area contributed by atoms with Crippen molar-refractivity contribution < 1.29 is 9.90 Å². The van der Waals surface area contributed by atoms with Gasteiger partial charge in [-0.25, -0.2) is 4.79 Å². The van der Waals surface area contributed by atoms with E-state index in [4.69, 9.17) is 0 Å². The van der Waals surface area contributed by atoms with Crippen molar-refractivity contribution in [1.29, 1.82) is 0 Å². The Balaban J connectivity index is 2.65. The molecule has 0 aliphatic carbocycles. The quantitative estimate of drug-likeness (QED) is 0.913. The van der Waals surface area contributed by atoms with E-state index in [1.165, 1.54) is 0 Å². The average Bonchev–Trinajstić information content (AvgIpc) is 2.36. The molecule has 2 aromatic rings. The summed E-state index contributed by atoms with van der Waals surface area (Å²) in [5, 5.41) is 17.9. The third-order valence-electron chi connectivity index (χ3n) is 2.86. The van der Waals surface area contributed by atoms with Gasteiger partial charge in [0.1, 0.15) is 0 Å². The van der Waals surface area contributed by atoms with Gasteiger partial charge in [-0.15, -0.1) is 10.2 Å². The van der Waals surface area contributed by atoms with Gasteiger partial charge in [-0.05, 0) is 12.0 Å². The fourth-order valence-electron chi connectivity index (χ4n) is 2.21. The van der Waals surface area contributed by atoms with Gasteiger partial charge < -0.3 is 10.0 Å². The van der Waals surface area contributed by atoms with Crippen LogP contribution in [0.15, 0.2) is 24.3 Å². The molecular formula is C14H17N3O2. The molecule has 19 heavy (non-hydrogen) atoms. The van der Waals surface area contributed by atoms with Gasteiger partial charge in [0.15, 0.2) is 5.69 Å². The lowest BCUT2D eigenvalue weighted by molar-refractivity contribution is 0.0690. The molecule has 5 nitrogen and oxygen atoms in total. The number of rotatable bonds is 4. The van der Waals surface area contributed by atoms with Crippen LogP contribution in [-0.2, 0) is 0 Å². The summed E-state index contributed by atoms with van der Waals surface area (Å²) < 4.78 is 0. The summed E-state index contributed by atoms with van der Waals surface area (Å²) in [6.45, 7) is 4.94. The van der Waals surface area contributed by atoms with Crippen molar-refractivity contribution in [3.05, 3.63) is 30.0 Å². The van der Waals surface area contributed by atoms with Crippen molar-refractivity contribution in [2.45, 2.75) is 13.8 Å². The van der Waals surface area contributed by atoms with Gasteiger partial charge in [-0.3, -0.25) is 0 Å². The topological polar surface area (TPSA) is 66.3 Å². The highest BCUT2D eigenvalue weighted by Crippen LogP contribution is 2.27. The number of anilines is 1. The first-order valence-electron chi connectivity index (χ1n) is 6.20. The van der Waals surface area contributed by atoms with Crippen LogP contribution in [0.1, 0.15) is 24.3 Å². The second-order valence-electron chi connectivity index (χ2n) is 4.99. The molecule has 0 spiro atoms. The van der Waals surface area contributed by atoms with E-state index in [1.54, 1.807) is 0 Å². The number of fused-ring (bicyclic) bond motifs is 1. The van der Waals surface area contributed by atoms with E-state index in [0.717, 1.165) is 11.9 Å². The minimum absolute atomic E-state index is 0.00171. The average molecular weight is 259 g/mol. The lowest BCUT2D eigenvalue weighted by Crippen LogP contribution is -2.25. The lowest BCUT2D eigenvalue weighted by Gasteiger charge is -2.23. The number of carboxylic acid groups (broad SMARTS) is 1. The summed E-state index contributed by atoms with van der Waals surface area (Å²) in [5.41, 5.74) is 1.34. The predicted molar refractivity (Wildman–Crippen MR) is 74.6 cm³/mol. The molecule has 0 radical (unpaired) electrons. The van der Waals surface area contributed by atoms with Crippen molar-refractivity contribution >= 4 is 22.6 Å². The maximum Gasteiger partial charge on any atom is 0.358 e. The molecule has 5 heteroatoms. The molecule has 100 valence electrons. The maximum absolute atomic E-state index is 11.3. The highest BCUT2D eigenvalue weighted by Gasteiger charge is 2.20. The van der Waals surface area contributed by atoms with E-state index in [9.17, 15) is 9.90 Å². The molecule has 0 bridgehead atoms. The van der Waals surface area contributed by atoms with Crippen molar-refractivity contribution in [2.75, 3.05) is 18.5 Å². The zero-order valence-electron chi connectivity index (χ0n) is 11.3. The molecule has 0 unspecified atom stereocenters. The number of nitrogens with zero attached hydrogens (tertiary/aromatic N) is 3. The zero-order valence-corrected chi connectivity index (χ0v) is 11.3. The van der Waals surface area contributed by atoms with Gasteiger partial charge in [0.05, 0.1) is 11.2 Å². The largest absolute Gasteiger partial charge is 0.476 e. The van der Waals surface area contributed by atoms with Gasteiger partial charge >= 0.3 is 5.97 Å². The van der Waals surface area contributed by atoms with Crippen LogP contribution >= 0.6 is 0 Å². The Labute approximate surface area is 111 Å². The second kappa shape index (κ2) is 5.22. The van der Waals surface area contributed by atoms with Gasteiger partial charge in [0.2, 0.25) is 0 Å². The van der Waals surface area contributed by atoms with Gasteiger partial charge in [0, 0.05) is 19.0 Å². The number of hydrogen-bond donors (Lipinski definition) is 1. The molecule has 0 amide bonds. The van der Waals surface area contributed by atoms with Crippen LogP contribution < -0.4 is 4.90 Å². The lowest BCUT2D eigenvalue weighted by atomic mass is 10.1. The molecular weight excluding hydrogens is 242 g/mol. The Kier molecular flexibility index (Phi) is 3.64. The number of benzene rings is 1. The van der Waals surface area contributed by atoms with Crippen LogP contribution in [0.25, 0.3) is 10.9 Å². The van der Waals surface area contributed by atoms with E-state index in [0.29, 0.717) is 17.1 Å². The Hall–Kier alpha value is -2.17. The third kappa shape index (κ3) is 2.65. The summed E-state index contributed by atoms with van der Waals surface area (Å²) in [7, 11) is 1.88. The minimum atomic E-state index is -1.05. The van der Waals surface area contributed by atoms with Crippen molar-refractivity contribution in [3.63, 3.8) is 0 Å². The normalized spacial score (nSPS) is 10.9. The first-order valence-corrected chi connectivity index (χ1v) is 6.20. The van der Waals surface area contributed by atoms with Crippen molar-refractivity contribution in [2.24, 2.45) is 5.92 Å². The molecule has 0 fully saturated rings. The van der Waals surface area contributed by atoms with E-state index in [1.807, 2.05) is 36.2 Å². The van der Waals surface area contributed by atoms with Crippen LogP contribution in [-0.4, -0.2) is 34.9 Å². The van der Waals surface area contributed by atoms with Crippen LogP contribution in [0.2, 0.25) is 0 Å². The number of aromatic nitrogens is 2. The Morgan fingerprint density at radius 3 is 2.63 bits per heavy atom. The van der Waals surface area contributed by atoms with Gasteiger partial charge in [0.25, 0.3) is 0 Å². The number of carboxylic acids is 1. The molecule has 0 aliphatic rings. The molecule has 0 saturated heterocycles. The Morgan fingerprint density at radius 2 is 2.00 bits per heavy atom. The summed E-state index contributed by atoms with van der Waals surface area (Å²) in [5.74, 6) is -0.623. The van der Waals surface area contributed by atoms with Gasteiger partial charge in [-0.1, -0.05) is 32.0 Å². The SMILES string of the molecule is CC(C)CN(C)c1c(C(=O)O)nnc2ccccc12. The standard InChI is InChI=1S/C14H17N3O2/c1-9(2)8-17(3)13-10-6-4-5-7-11(10)15-16-12(13)14(18)19/h4-7,9H,8H2,1-3H3,(H,18,19). The molecule has 1 aromatic carbocycles. The molecule has 2 rings (SSSR count). The van der Waals surface area contributed by atoms with E-state index >= 15 is 0 Å². The molecule has 1 aromatic heterocycles. The van der Waals surface area contributed by atoms with Crippen molar-refractivity contribution in [1.82, 2.24) is 10.2 Å².